The van der Waals surface area contributed by atoms with Gasteiger partial charge in [0.25, 0.3) is 0 Å². The second-order valence-corrected chi connectivity index (χ2v) is 7.71. The van der Waals surface area contributed by atoms with Crippen molar-refractivity contribution < 1.29 is 27.1 Å². The molecule has 7 nitrogen and oxygen atoms in total. The minimum Gasteiger partial charge on any atom is -0.425 e. The van der Waals surface area contributed by atoms with E-state index in [9.17, 15) is 22.8 Å². The summed E-state index contributed by atoms with van der Waals surface area (Å²) in [6.07, 6.45) is -4.49. The van der Waals surface area contributed by atoms with Gasteiger partial charge in [0.2, 0.25) is 5.89 Å². The van der Waals surface area contributed by atoms with Gasteiger partial charge in [-0.15, -0.1) is 5.10 Å². The molecule has 0 saturated heterocycles. The number of nitrogens with zero attached hydrogens (tertiary/aromatic N) is 2. The van der Waals surface area contributed by atoms with E-state index in [0.29, 0.717) is 10.6 Å². The maximum absolute atomic E-state index is 12.7. The van der Waals surface area contributed by atoms with Crippen LogP contribution >= 0.6 is 11.6 Å². The number of hydrogen-bond donors (Lipinski definition) is 1. The molecule has 31 heavy (non-hydrogen) atoms. The molecule has 11 heteroatoms. The van der Waals surface area contributed by atoms with Crippen molar-refractivity contribution in [1.82, 2.24) is 9.78 Å². The highest BCUT2D eigenvalue weighted by molar-refractivity contribution is 6.30. The van der Waals surface area contributed by atoms with Crippen LogP contribution in [0.1, 0.15) is 25.0 Å². The molecule has 1 aromatic heterocycles. The Morgan fingerprint density at radius 1 is 1.19 bits per heavy atom. The zero-order chi connectivity index (χ0) is 23.0. The summed E-state index contributed by atoms with van der Waals surface area (Å²) in [7, 11) is 0. The topological polar surface area (TPSA) is 100 Å². The normalized spacial score (nSPS) is 12.1. The number of hydrogen-bond acceptors (Lipinski definition) is 6. The molecule has 0 radical (unpaired) electrons. The molecule has 3 rings (SSSR count). The van der Waals surface area contributed by atoms with Gasteiger partial charge in [0.1, 0.15) is 11.3 Å². The van der Waals surface area contributed by atoms with Gasteiger partial charge in [-0.05, 0) is 56.3 Å². The molecule has 3 aromatic rings. The van der Waals surface area contributed by atoms with Crippen LogP contribution < -0.4 is 16.2 Å². The Labute approximate surface area is 179 Å². The predicted molar refractivity (Wildman–Crippen MR) is 106 cm³/mol. The van der Waals surface area contributed by atoms with Gasteiger partial charge in [0, 0.05) is 16.1 Å². The summed E-state index contributed by atoms with van der Waals surface area (Å²) in [6, 6.07) is 8.43. The first-order chi connectivity index (χ1) is 14.3. The fourth-order valence-corrected chi connectivity index (χ4v) is 2.68. The Hall–Kier alpha value is -3.11. The minimum absolute atomic E-state index is 0.124. The molecule has 2 N–H and O–H groups in total. The molecular formula is C20H17ClF3N3O4. The number of aromatic nitrogens is 2. The highest BCUT2D eigenvalue weighted by Gasteiger charge is 2.30. The van der Waals surface area contributed by atoms with E-state index in [0.717, 1.165) is 28.9 Å². The van der Waals surface area contributed by atoms with Gasteiger partial charge in [-0.25, -0.2) is 9.59 Å². The summed E-state index contributed by atoms with van der Waals surface area (Å²) >= 11 is 6.01. The summed E-state index contributed by atoms with van der Waals surface area (Å²) in [6.45, 7) is 2.78. The first-order valence-electron chi connectivity index (χ1n) is 8.90. The number of halogens is 4. The van der Waals surface area contributed by atoms with E-state index in [1.807, 2.05) is 0 Å². The molecule has 0 fully saturated rings. The monoisotopic (exact) mass is 455 g/mol. The molecule has 0 saturated carbocycles. The summed E-state index contributed by atoms with van der Waals surface area (Å²) in [5, 5.41) is 4.33. The molecule has 164 valence electrons. The first-order valence-corrected chi connectivity index (χ1v) is 9.27. The van der Waals surface area contributed by atoms with E-state index in [2.05, 4.69) is 5.10 Å². The molecule has 0 aliphatic rings. The van der Waals surface area contributed by atoms with Gasteiger partial charge >= 0.3 is 17.9 Å². The molecule has 0 bridgehead atoms. The first kappa shape index (κ1) is 22.6. The lowest BCUT2D eigenvalue weighted by atomic mass is 10.1. The Morgan fingerprint density at radius 2 is 1.84 bits per heavy atom. The van der Waals surface area contributed by atoms with Gasteiger partial charge in [0.05, 0.1) is 12.1 Å². The summed E-state index contributed by atoms with van der Waals surface area (Å²) in [5.41, 5.74) is 4.17. The zero-order valence-electron chi connectivity index (χ0n) is 16.4. The predicted octanol–water partition coefficient (Wildman–Crippen LogP) is 3.87. The Kier molecular flexibility index (Phi) is 5.97. The number of ether oxygens (including phenoxy) is 1. The van der Waals surface area contributed by atoms with Gasteiger partial charge < -0.3 is 14.9 Å². The Morgan fingerprint density at radius 3 is 2.42 bits per heavy atom. The van der Waals surface area contributed by atoms with E-state index in [1.165, 1.54) is 32.0 Å². The fourth-order valence-electron chi connectivity index (χ4n) is 2.49. The van der Waals surface area contributed by atoms with Crippen molar-refractivity contribution in [1.29, 1.82) is 0 Å². The summed E-state index contributed by atoms with van der Waals surface area (Å²) < 4.78 is 49.5. The molecule has 0 aliphatic heterocycles. The number of rotatable bonds is 5. The van der Waals surface area contributed by atoms with E-state index >= 15 is 0 Å². The Balaban J connectivity index is 1.89. The van der Waals surface area contributed by atoms with Crippen LogP contribution in [0.3, 0.4) is 0 Å². The molecule has 0 amide bonds. The summed E-state index contributed by atoms with van der Waals surface area (Å²) in [4.78, 5) is 24.3. The molecule has 0 atom stereocenters. The standard InChI is InChI=1S/C20H17ClF3N3O4/c1-19(2,25)17(28)30-15-8-7-14(21)9-12(15)10-27-18(29)31-16(26-27)11-3-5-13(6-4-11)20(22,23)24/h3-9H,10,25H2,1-2H3. The second kappa shape index (κ2) is 8.20. The average Bonchev–Trinajstić information content (AvgIpc) is 3.03. The third-order valence-corrected chi connectivity index (χ3v) is 4.37. The van der Waals surface area contributed by atoms with Gasteiger partial charge in [0.15, 0.2) is 0 Å². The molecule has 2 aromatic carbocycles. The molecule has 1 heterocycles. The SMILES string of the molecule is CC(C)(N)C(=O)Oc1ccc(Cl)cc1Cn1nc(-c2ccc(C(F)(F)F)cc2)oc1=O. The van der Waals surface area contributed by atoms with Crippen molar-refractivity contribution in [2.24, 2.45) is 5.73 Å². The van der Waals surface area contributed by atoms with E-state index in [-0.39, 0.29) is 23.7 Å². The fraction of sp³-hybridized carbons (Fsp3) is 0.250. The Bertz CT molecular complexity index is 1160. The van der Waals surface area contributed by atoms with Crippen LogP contribution in [0.15, 0.2) is 51.7 Å². The third kappa shape index (κ3) is 5.33. The lowest BCUT2D eigenvalue weighted by Crippen LogP contribution is -2.44. The van der Waals surface area contributed by atoms with Crippen LogP contribution in [0, 0.1) is 0 Å². The zero-order valence-corrected chi connectivity index (χ0v) is 17.1. The number of carbonyl (C=O) groups excluding carboxylic acids is 1. The van der Waals surface area contributed by atoms with Crippen LogP contribution in [0.5, 0.6) is 5.75 Å². The largest absolute Gasteiger partial charge is 0.437 e. The van der Waals surface area contributed by atoms with Crippen LogP contribution in [0.25, 0.3) is 11.5 Å². The minimum atomic E-state index is -4.49. The lowest BCUT2D eigenvalue weighted by Gasteiger charge is -2.18. The van der Waals surface area contributed by atoms with Crippen molar-refractivity contribution >= 4 is 17.6 Å². The van der Waals surface area contributed by atoms with E-state index in [4.69, 9.17) is 26.5 Å². The number of nitrogens with two attached hydrogens (primary N) is 1. The number of esters is 1. The number of benzene rings is 2. The van der Waals surface area contributed by atoms with Crippen molar-refractivity contribution in [2.75, 3.05) is 0 Å². The van der Waals surface area contributed by atoms with Crippen LogP contribution in [-0.2, 0) is 17.5 Å². The molecule has 0 unspecified atom stereocenters. The third-order valence-electron chi connectivity index (χ3n) is 4.14. The van der Waals surface area contributed by atoms with Crippen LogP contribution in [0.2, 0.25) is 5.02 Å². The van der Waals surface area contributed by atoms with Crippen molar-refractivity contribution in [2.45, 2.75) is 32.1 Å². The van der Waals surface area contributed by atoms with Crippen LogP contribution in [0.4, 0.5) is 13.2 Å². The molecule has 0 aliphatic carbocycles. The van der Waals surface area contributed by atoms with E-state index in [1.54, 1.807) is 0 Å². The van der Waals surface area contributed by atoms with Crippen molar-refractivity contribution in [3.63, 3.8) is 0 Å². The van der Waals surface area contributed by atoms with Gasteiger partial charge in [-0.3, -0.25) is 0 Å². The van der Waals surface area contributed by atoms with Gasteiger partial charge in [-0.2, -0.15) is 17.9 Å². The highest BCUT2D eigenvalue weighted by atomic mass is 35.5. The molecular weight excluding hydrogens is 439 g/mol. The average molecular weight is 456 g/mol. The van der Waals surface area contributed by atoms with Crippen molar-refractivity contribution in [3.05, 3.63) is 69.2 Å². The van der Waals surface area contributed by atoms with Crippen molar-refractivity contribution in [3.8, 4) is 17.2 Å². The molecule has 0 spiro atoms. The summed E-state index contributed by atoms with van der Waals surface area (Å²) in [5.74, 6) is -1.60. The second-order valence-electron chi connectivity index (χ2n) is 7.27. The van der Waals surface area contributed by atoms with Gasteiger partial charge in [-0.1, -0.05) is 11.6 Å². The number of alkyl halides is 3. The number of carbonyl (C=O) groups is 1. The smallest absolute Gasteiger partial charge is 0.425 e. The maximum atomic E-state index is 12.7. The maximum Gasteiger partial charge on any atom is 0.437 e. The van der Waals surface area contributed by atoms with Crippen LogP contribution in [-0.4, -0.2) is 21.3 Å². The quantitative estimate of drug-likeness (QED) is 0.463. The van der Waals surface area contributed by atoms with E-state index < -0.39 is 29.0 Å². The lowest BCUT2D eigenvalue weighted by molar-refractivity contribution is -0.139. The highest BCUT2D eigenvalue weighted by Crippen LogP contribution is 2.30.